The summed E-state index contributed by atoms with van der Waals surface area (Å²) in [6, 6.07) is 5.54. The maximum absolute atomic E-state index is 5.80. The summed E-state index contributed by atoms with van der Waals surface area (Å²) in [5.41, 5.74) is 1.86. The Bertz CT molecular complexity index is 413. The Morgan fingerprint density at radius 3 is 3.08 bits per heavy atom. The summed E-state index contributed by atoms with van der Waals surface area (Å²) in [7, 11) is 1.29. The summed E-state index contributed by atoms with van der Waals surface area (Å²) < 4.78 is 0. The van der Waals surface area contributed by atoms with E-state index in [1.807, 2.05) is 18.2 Å². The largest absolute Gasteiger partial charge is 0.332 e. The molecule has 2 rings (SSSR count). The van der Waals surface area contributed by atoms with Gasteiger partial charge in [-0.25, -0.2) is 4.98 Å². The van der Waals surface area contributed by atoms with Gasteiger partial charge in [-0.15, -0.1) is 11.7 Å². The zero-order chi connectivity index (χ0) is 8.55. The van der Waals surface area contributed by atoms with E-state index < -0.39 is 0 Å². The van der Waals surface area contributed by atoms with Crippen LogP contribution in [0.4, 0.5) is 0 Å². The van der Waals surface area contributed by atoms with Gasteiger partial charge < -0.3 is 4.98 Å². The van der Waals surface area contributed by atoms with Crippen LogP contribution in [0.1, 0.15) is 0 Å². The summed E-state index contributed by atoms with van der Waals surface area (Å²) >= 11 is 9.83. The van der Waals surface area contributed by atoms with Gasteiger partial charge in [0.15, 0.2) is 5.16 Å². The van der Waals surface area contributed by atoms with E-state index in [4.69, 9.17) is 11.6 Å². The fourth-order valence-electron chi connectivity index (χ4n) is 1.00. The maximum Gasteiger partial charge on any atom is 0.176 e. The van der Waals surface area contributed by atoms with Gasteiger partial charge in [0.1, 0.15) is 0 Å². The van der Waals surface area contributed by atoms with Crippen LogP contribution in [0.5, 0.6) is 0 Å². The van der Waals surface area contributed by atoms with Gasteiger partial charge in [0.25, 0.3) is 0 Å². The normalized spacial score (nSPS) is 10.8. The smallest absolute Gasteiger partial charge is 0.176 e. The number of hydrogen-bond acceptors (Lipinski definition) is 3. The molecule has 1 heterocycles. The molecule has 2 aromatic rings. The Balaban J connectivity index is 2.67. The van der Waals surface area contributed by atoms with E-state index in [0.29, 0.717) is 5.02 Å². The third kappa shape index (κ3) is 1.42. The molecule has 0 fully saturated rings. The lowest BCUT2D eigenvalue weighted by atomic mass is 10.3. The molecule has 2 nitrogen and oxygen atoms in total. The van der Waals surface area contributed by atoms with Crippen molar-refractivity contribution in [1.29, 1.82) is 0 Å². The number of hydrogen-bond donors (Lipinski definition) is 2. The maximum atomic E-state index is 5.80. The van der Waals surface area contributed by atoms with Crippen molar-refractivity contribution in [1.82, 2.24) is 9.97 Å². The summed E-state index contributed by atoms with van der Waals surface area (Å²) in [5, 5.41) is 1.50. The summed E-state index contributed by atoms with van der Waals surface area (Å²) in [4.78, 5) is 7.32. The predicted molar refractivity (Wildman–Crippen MR) is 55.9 cm³/mol. The zero-order valence-corrected chi connectivity index (χ0v) is 8.38. The van der Waals surface area contributed by atoms with E-state index in [1.54, 1.807) is 0 Å². The molecule has 0 atom stereocenters. The fraction of sp³-hybridized carbons (Fsp3) is 0. The molecule has 1 aromatic carbocycles. The molecule has 0 unspecified atom stereocenters. The van der Waals surface area contributed by atoms with Crippen molar-refractivity contribution in [2.45, 2.75) is 5.16 Å². The van der Waals surface area contributed by atoms with Crippen LogP contribution in [-0.2, 0) is 0 Å². The van der Waals surface area contributed by atoms with Crippen molar-refractivity contribution in [2.24, 2.45) is 0 Å². The molecule has 0 saturated carbocycles. The Morgan fingerprint density at radius 2 is 2.33 bits per heavy atom. The number of aromatic nitrogens is 2. The topological polar surface area (TPSA) is 28.7 Å². The van der Waals surface area contributed by atoms with E-state index in [0.717, 1.165) is 16.2 Å². The lowest BCUT2D eigenvalue weighted by Gasteiger charge is -1.87. The van der Waals surface area contributed by atoms with E-state index in [2.05, 4.69) is 21.6 Å². The number of fused-ring (bicyclic) bond motifs is 1. The molecule has 0 bridgehead atoms. The molecule has 1 aromatic heterocycles. The van der Waals surface area contributed by atoms with Gasteiger partial charge in [-0.05, 0) is 29.0 Å². The minimum atomic E-state index is 0.710. The highest BCUT2D eigenvalue weighted by Crippen LogP contribution is 2.23. The van der Waals surface area contributed by atoms with Crippen LogP contribution in [0.25, 0.3) is 11.0 Å². The molecule has 0 spiro atoms. The van der Waals surface area contributed by atoms with E-state index >= 15 is 0 Å². The third-order valence-corrected chi connectivity index (χ3v) is 2.63. The van der Waals surface area contributed by atoms with Crippen molar-refractivity contribution in [3.63, 3.8) is 0 Å². The average molecular weight is 217 g/mol. The van der Waals surface area contributed by atoms with Gasteiger partial charge >= 0.3 is 0 Å². The second-order valence-electron chi connectivity index (χ2n) is 2.29. The number of thiol groups is 1. The molecule has 0 aliphatic carbocycles. The molecule has 0 radical (unpaired) electrons. The van der Waals surface area contributed by atoms with Crippen LogP contribution < -0.4 is 0 Å². The van der Waals surface area contributed by atoms with Gasteiger partial charge in [0.05, 0.1) is 11.0 Å². The van der Waals surface area contributed by atoms with Crippen LogP contribution >= 0.6 is 34.1 Å². The number of halogens is 1. The predicted octanol–water partition coefficient (Wildman–Crippen LogP) is 3.15. The highest BCUT2D eigenvalue weighted by Gasteiger charge is 2.01. The van der Waals surface area contributed by atoms with E-state index in [9.17, 15) is 0 Å². The molecule has 62 valence electrons. The number of aromatic amines is 1. The second-order valence-corrected chi connectivity index (χ2v) is 3.85. The van der Waals surface area contributed by atoms with Crippen molar-refractivity contribution < 1.29 is 0 Å². The van der Waals surface area contributed by atoms with Crippen LogP contribution in [0.2, 0.25) is 5.02 Å². The molecular weight excluding hydrogens is 212 g/mol. The average Bonchev–Trinajstić information content (AvgIpc) is 2.46. The lowest BCUT2D eigenvalue weighted by molar-refractivity contribution is 1.09. The van der Waals surface area contributed by atoms with Gasteiger partial charge in [-0.1, -0.05) is 11.6 Å². The first-order chi connectivity index (χ1) is 5.79. The third-order valence-electron chi connectivity index (χ3n) is 1.51. The highest BCUT2D eigenvalue weighted by molar-refractivity contribution is 8.68. The number of benzene rings is 1. The highest BCUT2D eigenvalue weighted by atomic mass is 35.5. The Labute approximate surface area is 83.5 Å². The minimum absolute atomic E-state index is 0.710. The molecule has 5 heteroatoms. The first-order valence-electron chi connectivity index (χ1n) is 3.26. The summed E-state index contributed by atoms with van der Waals surface area (Å²) in [6.45, 7) is 0. The minimum Gasteiger partial charge on any atom is -0.332 e. The van der Waals surface area contributed by atoms with Crippen LogP contribution in [0.3, 0.4) is 0 Å². The fourth-order valence-corrected chi connectivity index (χ4v) is 1.73. The molecule has 0 aliphatic heterocycles. The lowest BCUT2D eigenvalue weighted by Crippen LogP contribution is -1.67. The molecule has 0 saturated heterocycles. The van der Waals surface area contributed by atoms with Crippen molar-refractivity contribution in [3.8, 4) is 0 Å². The molecule has 0 amide bonds. The molecule has 0 aliphatic rings. The van der Waals surface area contributed by atoms with Gasteiger partial charge in [0, 0.05) is 5.02 Å². The zero-order valence-electron chi connectivity index (χ0n) is 5.91. The number of nitrogens with one attached hydrogen (secondary N) is 1. The van der Waals surface area contributed by atoms with Gasteiger partial charge in [-0.3, -0.25) is 0 Å². The molecule has 12 heavy (non-hydrogen) atoms. The van der Waals surface area contributed by atoms with Gasteiger partial charge in [0.2, 0.25) is 0 Å². The first kappa shape index (κ1) is 8.29. The SMILES string of the molecule is SSc1nc2ccc(Cl)cc2[nH]1. The van der Waals surface area contributed by atoms with Crippen LogP contribution in [-0.4, -0.2) is 9.97 Å². The standard InChI is InChI=1S/C7H5ClN2S2/c8-4-1-2-5-6(3-4)10-7(9-5)12-11/h1-3,11H,(H,9,10). The van der Waals surface area contributed by atoms with Gasteiger partial charge in [-0.2, -0.15) is 0 Å². The molecule has 1 N–H and O–H groups in total. The second kappa shape index (κ2) is 3.20. The van der Waals surface area contributed by atoms with Crippen LogP contribution in [0.15, 0.2) is 23.4 Å². The van der Waals surface area contributed by atoms with Crippen molar-refractivity contribution >= 4 is 45.1 Å². The number of imidazole rings is 1. The van der Waals surface area contributed by atoms with Crippen molar-refractivity contribution in [2.75, 3.05) is 0 Å². The number of rotatable bonds is 1. The Morgan fingerprint density at radius 1 is 1.50 bits per heavy atom. The van der Waals surface area contributed by atoms with E-state index in [-0.39, 0.29) is 0 Å². The quantitative estimate of drug-likeness (QED) is 0.567. The number of nitrogens with zero attached hydrogens (tertiary/aromatic N) is 1. The number of H-pyrrole nitrogens is 1. The Kier molecular flexibility index (Phi) is 2.21. The summed E-state index contributed by atoms with van der Waals surface area (Å²) in [5.74, 6) is 0. The van der Waals surface area contributed by atoms with E-state index in [1.165, 1.54) is 10.8 Å². The first-order valence-corrected chi connectivity index (χ1v) is 5.51. The van der Waals surface area contributed by atoms with Crippen molar-refractivity contribution in [3.05, 3.63) is 23.2 Å². The Hall–Kier alpha value is -0.320. The summed E-state index contributed by atoms with van der Waals surface area (Å²) in [6.07, 6.45) is 0. The van der Waals surface area contributed by atoms with Crippen LogP contribution in [0, 0.1) is 0 Å². The monoisotopic (exact) mass is 216 g/mol. The molecular formula is C7H5ClN2S2.